The van der Waals surface area contributed by atoms with Gasteiger partial charge in [0.15, 0.2) is 5.78 Å². The van der Waals surface area contributed by atoms with Crippen LogP contribution in [-0.2, 0) is 11.2 Å². The molecule has 2 aromatic rings. The fraction of sp³-hybridized carbons (Fsp3) is 0.263. The largest absolute Gasteiger partial charge is 0.496 e. The molecule has 1 N–H and O–H groups in total. The number of methoxy groups -OCH3 is 2. The van der Waals surface area contributed by atoms with E-state index in [1.54, 1.807) is 44.6 Å². The van der Waals surface area contributed by atoms with Crippen molar-refractivity contribution in [3.05, 3.63) is 53.1 Å². The predicted molar refractivity (Wildman–Crippen MR) is 93.1 cm³/mol. The number of nitrogens with one attached hydrogen (secondary N) is 1. The van der Waals surface area contributed by atoms with E-state index < -0.39 is 0 Å². The number of hydrogen-bond donors (Lipinski definition) is 1. The van der Waals surface area contributed by atoms with Crippen molar-refractivity contribution in [2.45, 2.75) is 20.3 Å². The van der Waals surface area contributed by atoms with E-state index in [2.05, 4.69) is 5.32 Å². The average Bonchev–Trinajstić information content (AvgIpc) is 2.56. The molecule has 5 heteroatoms. The predicted octanol–water partition coefficient (Wildman–Crippen LogP) is 3.40. The second kappa shape index (κ2) is 7.64. The normalized spacial score (nSPS) is 10.2. The standard InChI is InChI=1S/C19H21NO4/c1-12-8-18(24-4)15(10-17(12)23-3)11-19(22)20-16-7-5-6-14(9-16)13(2)21/h5-10H,11H2,1-4H3,(H,20,22). The van der Waals surface area contributed by atoms with Crippen molar-refractivity contribution in [2.75, 3.05) is 19.5 Å². The Labute approximate surface area is 141 Å². The van der Waals surface area contributed by atoms with E-state index >= 15 is 0 Å². The number of benzene rings is 2. The van der Waals surface area contributed by atoms with Gasteiger partial charge in [0.25, 0.3) is 0 Å². The van der Waals surface area contributed by atoms with Gasteiger partial charge in [-0.1, -0.05) is 12.1 Å². The number of ketones is 1. The van der Waals surface area contributed by atoms with E-state index in [4.69, 9.17) is 9.47 Å². The molecule has 0 saturated carbocycles. The van der Waals surface area contributed by atoms with Gasteiger partial charge in [-0.25, -0.2) is 0 Å². The number of Topliss-reactive ketones (excluding diaryl/α,β-unsaturated/α-hetero) is 1. The Morgan fingerprint density at radius 1 is 1.04 bits per heavy atom. The lowest BCUT2D eigenvalue weighted by molar-refractivity contribution is -0.115. The Morgan fingerprint density at radius 2 is 1.75 bits per heavy atom. The number of aryl methyl sites for hydroxylation is 1. The van der Waals surface area contributed by atoms with Gasteiger partial charge in [0.1, 0.15) is 11.5 Å². The summed E-state index contributed by atoms with van der Waals surface area (Å²) in [5, 5.41) is 2.80. The summed E-state index contributed by atoms with van der Waals surface area (Å²) < 4.78 is 10.6. The quantitative estimate of drug-likeness (QED) is 0.826. The van der Waals surface area contributed by atoms with E-state index in [1.807, 2.05) is 13.0 Å². The molecule has 0 aliphatic rings. The van der Waals surface area contributed by atoms with Crippen LogP contribution in [0.4, 0.5) is 5.69 Å². The summed E-state index contributed by atoms with van der Waals surface area (Å²) >= 11 is 0. The fourth-order valence-electron chi connectivity index (χ4n) is 2.45. The molecule has 0 atom stereocenters. The molecule has 0 bridgehead atoms. The van der Waals surface area contributed by atoms with Crippen LogP contribution in [-0.4, -0.2) is 25.9 Å². The summed E-state index contributed by atoms with van der Waals surface area (Å²) in [6, 6.07) is 10.5. The monoisotopic (exact) mass is 327 g/mol. The molecule has 126 valence electrons. The van der Waals surface area contributed by atoms with Crippen LogP contribution in [0, 0.1) is 6.92 Å². The van der Waals surface area contributed by atoms with E-state index in [1.165, 1.54) is 6.92 Å². The van der Waals surface area contributed by atoms with Gasteiger partial charge < -0.3 is 14.8 Å². The minimum atomic E-state index is -0.195. The fourth-order valence-corrected chi connectivity index (χ4v) is 2.45. The maximum Gasteiger partial charge on any atom is 0.228 e. The third-order valence-corrected chi connectivity index (χ3v) is 3.70. The number of hydrogen-bond acceptors (Lipinski definition) is 4. The van der Waals surface area contributed by atoms with Crippen LogP contribution in [0.25, 0.3) is 0 Å². The van der Waals surface area contributed by atoms with Gasteiger partial charge in [0, 0.05) is 16.8 Å². The van der Waals surface area contributed by atoms with Crippen molar-refractivity contribution in [3.63, 3.8) is 0 Å². The molecular formula is C19H21NO4. The summed E-state index contributed by atoms with van der Waals surface area (Å²) in [5.41, 5.74) is 2.82. The van der Waals surface area contributed by atoms with Crippen LogP contribution in [0.5, 0.6) is 11.5 Å². The van der Waals surface area contributed by atoms with Crippen molar-refractivity contribution < 1.29 is 19.1 Å². The van der Waals surface area contributed by atoms with Crippen LogP contribution in [0.1, 0.15) is 28.4 Å². The summed E-state index contributed by atoms with van der Waals surface area (Å²) in [5.74, 6) is 1.11. The third kappa shape index (κ3) is 4.13. The number of carbonyl (C=O) groups excluding carboxylic acids is 2. The highest BCUT2D eigenvalue weighted by Crippen LogP contribution is 2.28. The summed E-state index contributed by atoms with van der Waals surface area (Å²) in [6.45, 7) is 3.41. The van der Waals surface area contributed by atoms with Crippen molar-refractivity contribution in [1.82, 2.24) is 0 Å². The molecule has 0 saturated heterocycles. The highest BCUT2D eigenvalue weighted by atomic mass is 16.5. The lowest BCUT2D eigenvalue weighted by Crippen LogP contribution is -2.15. The van der Waals surface area contributed by atoms with Crippen molar-refractivity contribution in [2.24, 2.45) is 0 Å². The molecule has 0 fully saturated rings. The third-order valence-electron chi connectivity index (χ3n) is 3.70. The highest BCUT2D eigenvalue weighted by molar-refractivity contribution is 5.97. The molecule has 0 aliphatic heterocycles. The summed E-state index contributed by atoms with van der Waals surface area (Å²) in [7, 11) is 3.16. The number of carbonyl (C=O) groups is 2. The van der Waals surface area contributed by atoms with Crippen molar-refractivity contribution in [1.29, 1.82) is 0 Å². The van der Waals surface area contributed by atoms with E-state index in [-0.39, 0.29) is 18.1 Å². The Hall–Kier alpha value is -2.82. The zero-order valence-electron chi connectivity index (χ0n) is 14.3. The maximum atomic E-state index is 12.3. The van der Waals surface area contributed by atoms with Gasteiger partial charge in [-0.2, -0.15) is 0 Å². The topological polar surface area (TPSA) is 64.6 Å². The molecule has 0 spiro atoms. The van der Waals surface area contributed by atoms with Gasteiger partial charge in [-0.3, -0.25) is 9.59 Å². The zero-order valence-corrected chi connectivity index (χ0v) is 14.3. The van der Waals surface area contributed by atoms with E-state index in [0.717, 1.165) is 11.1 Å². The van der Waals surface area contributed by atoms with Crippen LogP contribution >= 0.6 is 0 Å². The molecule has 0 radical (unpaired) electrons. The minimum absolute atomic E-state index is 0.0453. The first-order valence-corrected chi connectivity index (χ1v) is 7.57. The van der Waals surface area contributed by atoms with Gasteiger partial charge in [0.2, 0.25) is 5.91 Å². The molecular weight excluding hydrogens is 306 g/mol. The van der Waals surface area contributed by atoms with Gasteiger partial charge >= 0.3 is 0 Å². The molecule has 5 nitrogen and oxygen atoms in total. The zero-order chi connectivity index (χ0) is 17.7. The Kier molecular flexibility index (Phi) is 5.58. The lowest BCUT2D eigenvalue weighted by Gasteiger charge is -2.13. The van der Waals surface area contributed by atoms with Crippen molar-refractivity contribution in [3.8, 4) is 11.5 Å². The average molecular weight is 327 g/mol. The second-order valence-electron chi connectivity index (χ2n) is 5.50. The van der Waals surface area contributed by atoms with Gasteiger partial charge in [-0.15, -0.1) is 0 Å². The molecule has 0 unspecified atom stereocenters. The van der Waals surface area contributed by atoms with Gasteiger partial charge in [0.05, 0.1) is 20.6 Å². The smallest absolute Gasteiger partial charge is 0.228 e. The Bertz CT molecular complexity index is 768. The highest BCUT2D eigenvalue weighted by Gasteiger charge is 2.13. The van der Waals surface area contributed by atoms with Crippen LogP contribution in [0.15, 0.2) is 36.4 Å². The lowest BCUT2D eigenvalue weighted by atomic mass is 10.1. The Balaban J connectivity index is 2.18. The second-order valence-corrected chi connectivity index (χ2v) is 5.50. The SMILES string of the molecule is COc1cc(CC(=O)Nc2cccc(C(C)=O)c2)c(OC)cc1C. The first-order chi connectivity index (χ1) is 11.4. The molecule has 1 amide bonds. The number of rotatable bonds is 6. The molecule has 0 heterocycles. The first-order valence-electron chi connectivity index (χ1n) is 7.57. The van der Waals surface area contributed by atoms with Gasteiger partial charge in [-0.05, 0) is 43.7 Å². The molecule has 24 heavy (non-hydrogen) atoms. The van der Waals surface area contributed by atoms with Crippen LogP contribution < -0.4 is 14.8 Å². The van der Waals surface area contributed by atoms with Crippen LogP contribution in [0.2, 0.25) is 0 Å². The molecule has 2 aromatic carbocycles. The van der Waals surface area contributed by atoms with E-state index in [0.29, 0.717) is 22.7 Å². The molecule has 0 aliphatic carbocycles. The number of amides is 1. The maximum absolute atomic E-state index is 12.3. The minimum Gasteiger partial charge on any atom is -0.496 e. The number of anilines is 1. The van der Waals surface area contributed by atoms with Crippen LogP contribution in [0.3, 0.4) is 0 Å². The van der Waals surface area contributed by atoms with Crippen molar-refractivity contribution >= 4 is 17.4 Å². The van der Waals surface area contributed by atoms with E-state index in [9.17, 15) is 9.59 Å². The molecule has 2 rings (SSSR count). The number of ether oxygens (including phenoxy) is 2. The first kappa shape index (κ1) is 17.5. The summed E-state index contributed by atoms with van der Waals surface area (Å²) in [4.78, 5) is 23.7. The summed E-state index contributed by atoms with van der Waals surface area (Å²) in [6.07, 6.45) is 0.143. The molecule has 0 aromatic heterocycles. The Morgan fingerprint density at radius 3 is 2.38 bits per heavy atom.